The summed E-state index contributed by atoms with van der Waals surface area (Å²) >= 11 is 0. The molecule has 2 heteroatoms. The van der Waals surface area contributed by atoms with Gasteiger partial charge in [0.15, 0.2) is 0 Å². The lowest BCUT2D eigenvalue weighted by atomic mass is 9.97. The lowest BCUT2D eigenvalue weighted by Crippen LogP contribution is -2.01. The molecule has 1 N–H and O–H groups in total. The van der Waals surface area contributed by atoms with Gasteiger partial charge in [-0.15, -0.1) is 0 Å². The second kappa shape index (κ2) is 5.35. The van der Waals surface area contributed by atoms with E-state index in [1.54, 1.807) is 6.92 Å². The predicted molar refractivity (Wildman–Crippen MR) is 61.6 cm³/mol. The molecule has 0 heterocycles. The lowest BCUT2D eigenvalue weighted by molar-refractivity contribution is -0.132. The van der Waals surface area contributed by atoms with Crippen molar-refractivity contribution in [2.24, 2.45) is 0 Å². The minimum atomic E-state index is -0.831. The van der Waals surface area contributed by atoms with Crippen LogP contribution in [-0.4, -0.2) is 11.1 Å². The average Bonchev–Trinajstić information content (AvgIpc) is 2.26. The van der Waals surface area contributed by atoms with Gasteiger partial charge in [-0.2, -0.15) is 0 Å². The SMILES string of the molecule is CCC/C(=C(\C)C(=O)O)c1ccccc1. The van der Waals surface area contributed by atoms with E-state index >= 15 is 0 Å². The van der Waals surface area contributed by atoms with Gasteiger partial charge in [-0.3, -0.25) is 0 Å². The van der Waals surface area contributed by atoms with E-state index in [1.807, 2.05) is 30.3 Å². The molecule has 0 unspecified atom stereocenters. The highest BCUT2D eigenvalue weighted by Gasteiger charge is 2.09. The second-order valence-corrected chi connectivity index (χ2v) is 3.52. The summed E-state index contributed by atoms with van der Waals surface area (Å²) in [4.78, 5) is 10.9. The van der Waals surface area contributed by atoms with Gasteiger partial charge >= 0.3 is 5.97 Å². The Bertz CT molecular complexity index is 363. The van der Waals surface area contributed by atoms with Crippen LogP contribution in [0.4, 0.5) is 0 Å². The first-order valence-electron chi connectivity index (χ1n) is 5.15. The lowest BCUT2D eigenvalue weighted by Gasteiger charge is -2.08. The molecule has 0 radical (unpaired) electrons. The number of allylic oxidation sites excluding steroid dienone is 1. The summed E-state index contributed by atoms with van der Waals surface area (Å²) in [5.41, 5.74) is 2.40. The third-order valence-corrected chi connectivity index (χ3v) is 2.40. The van der Waals surface area contributed by atoms with Gasteiger partial charge in [0.1, 0.15) is 0 Å². The number of benzene rings is 1. The number of carbonyl (C=O) groups is 1. The van der Waals surface area contributed by atoms with Crippen LogP contribution < -0.4 is 0 Å². The summed E-state index contributed by atoms with van der Waals surface area (Å²) in [5, 5.41) is 8.98. The van der Waals surface area contributed by atoms with Crippen LogP contribution in [0.15, 0.2) is 35.9 Å². The summed E-state index contributed by atoms with van der Waals surface area (Å²) < 4.78 is 0. The van der Waals surface area contributed by atoms with Crippen molar-refractivity contribution in [3.63, 3.8) is 0 Å². The van der Waals surface area contributed by atoms with E-state index in [1.165, 1.54) is 0 Å². The van der Waals surface area contributed by atoms with E-state index in [-0.39, 0.29) is 0 Å². The summed E-state index contributed by atoms with van der Waals surface area (Å²) in [5.74, 6) is -0.831. The van der Waals surface area contributed by atoms with Crippen molar-refractivity contribution in [2.45, 2.75) is 26.7 Å². The zero-order valence-corrected chi connectivity index (χ0v) is 9.16. The summed E-state index contributed by atoms with van der Waals surface area (Å²) in [6.07, 6.45) is 1.76. The third-order valence-electron chi connectivity index (χ3n) is 2.40. The number of hydrogen-bond donors (Lipinski definition) is 1. The molecule has 0 aromatic heterocycles. The van der Waals surface area contributed by atoms with Crippen molar-refractivity contribution in [2.75, 3.05) is 0 Å². The molecule has 80 valence electrons. The smallest absolute Gasteiger partial charge is 0.331 e. The van der Waals surface area contributed by atoms with Crippen LogP contribution in [0.2, 0.25) is 0 Å². The molecule has 0 saturated carbocycles. The second-order valence-electron chi connectivity index (χ2n) is 3.52. The van der Waals surface area contributed by atoms with Crippen molar-refractivity contribution in [1.29, 1.82) is 0 Å². The Morgan fingerprint density at radius 3 is 2.33 bits per heavy atom. The van der Waals surface area contributed by atoms with Gasteiger partial charge in [0.2, 0.25) is 0 Å². The highest BCUT2D eigenvalue weighted by molar-refractivity contribution is 5.95. The quantitative estimate of drug-likeness (QED) is 0.764. The molecule has 0 bridgehead atoms. The average molecular weight is 204 g/mol. The van der Waals surface area contributed by atoms with E-state index in [4.69, 9.17) is 5.11 Å². The molecule has 1 aromatic carbocycles. The van der Waals surface area contributed by atoms with Crippen molar-refractivity contribution >= 4 is 11.5 Å². The van der Waals surface area contributed by atoms with Crippen LogP contribution in [0.25, 0.3) is 5.57 Å². The molecule has 15 heavy (non-hydrogen) atoms. The van der Waals surface area contributed by atoms with Crippen LogP contribution in [0.3, 0.4) is 0 Å². The molecule has 0 saturated heterocycles. The van der Waals surface area contributed by atoms with Gasteiger partial charge in [0, 0.05) is 5.57 Å². The Morgan fingerprint density at radius 2 is 1.87 bits per heavy atom. The summed E-state index contributed by atoms with van der Waals surface area (Å²) in [7, 11) is 0. The van der Waals surface area contributed by atoms with E-state index in [9.17, 15) is 4.79 Å². The molecule has 0 fully saturated rings. The monoisotopic (exact) mass is 204 g/mol. The first kappa shape index (κ1) is 11.5. The molecule has 0 atom stereocenters. The highest BCUT2D eigenvalue weighted by atomic mass is 16.4. The molecular weight excluding hydrogens is 188 g/mol. The topological polar surface area (TPSA) is 37.3 Å². The third kappa shape index (κ3) is 2.94. The van der Waals surface area contributed by atoms with Crippen molar-refractivity contribution < 1.29 is 9.90 Å². The van der Waals surface area contributed by atoms with Crippen LogP contribution in [0.5, 0.6) is 0 Å². The Labute approximate surface area is 90.3 Å². The standard InChI is InChI=1S/C13H16O2/c1-3-7-12(10(2)13(14)15)11-8-5-4-6-9-11/h4-6,8-9H,3,7H2,1-2H3,(H,14,15)/b12-10-. The number of carboxylic acid groups (broad SMARTS) is 1. The predicted octanol–water partition coefficient (Wildman–Crippen LogP) is 3.34. The number of aliphatic carboxylic acids is 1. The first-order chi connectivity index (χ1) is 7.16. The van der Waals surface area contributed by atoms with Gasteiger partial charge < -0.3 is 5.11 Å². The van der Waals surface area contributed by atoms with Crippen molar-refractivity contribution in [3.8, 4) is 0 Å². The zero-order valence-electron chi connectivity index (χ0n) is 9.16. The Morgan fingerprint density at radius 1 is 1.27 bits per heavy atom. The normalized spacial score (nSPS) is 12.1. The molecule has 1 rings (SSSR count). The Hall–Kier alpha value is -1.57. The summed E-state index contributed by atoms with van der Waals surface area (Å²) in [6.45, 7) is 3.72. The van der Waals surface area contributed by atoms with Gasteiger partial charge in [0.05, 0.1) is 0 Å². The molecule has 0 amide bonds. The fourth-order valence-electron chi connectivity index (χ4n) is 1.57. The largest absolute Gasteiger partial charge is 0.478 e. The van der Waals surface area contributed by atoms with Gasteiger partial charge in [-0.05, 0) is 24.5 Å². The van der Waals surface area contributed by atoms with Gasteiger partial charge in [-0.1, -0.05) is 43.7 Å². The number of carboxylic acids is 1. The molecule has 0 aliphatic rings. The highest BCUT2D eigenvalue weighted by Crippen LogP contribution is 2.23. The molecule has 2 nitrogen and oxygen atoms in total. The van der Waals surface area contributed by atoms with Crippen LogP contribution in [0, 0.1) is 0 Å². The maximum atomic E-state index is 10.9. The molecular formula is C13H16O2. The molecule has 0 aliphatic carbocycles. The maximum absolute atomic E-state index is 10.9. The van der Waals surface area contributed by atoms with Gasteiger partial charge in [-0.25, -0.2) is 4.79 Å². The fourth-order valence-corrected chi connectivity index (χ4v) is 1.57. The molecule has 1 aromatic rings. The number of hydrogen-bond acceptors (Lipinski definition) is 1. The van der Waals surface area contributed by atoms with Crippen molar-refractivity contribution in [3.05, 3.63) is 41.5 Å². The first-order valence-corrected chi connectivity index (χ1v) is 5.15. The minimum absolute atomic E-state index is 0.447. The number of rotatable bonds is 4. The van der Waals surface area contributed by atoms with E-state index in [2.05, 4.69) is 6.92 Å². The van der Waals surface area contributed by atoms with E-state index in [0.29, 0.717) is 5.57 Å². The maximum Gasteiger partial charge on any atom is 0.331 e. The summed E-state index contributed by atoms with van der Waals surface area (Å²) in [6, 6.07) is 9.71. The van der Waals surface area contributed by atoms with Gasteiger partial charge in [0.25, 0.3) is 0 Å². The van der Waals surface area contributed by atoms with Crippen LogP contribution in [0.1, 0.15) is 32.3 Å². The van der Waals surface area contributed by atoms with Crippen molar-refractivity contribution in [1.82, 2.24) is 0 Å². The zero-order chi connectivity index (χ0) is 11.3. The Kier molecular flexibility index (Phi) is 4.10. The van der Waals surface area contributed by atoms with Crippen LogP contribution >= 0.6 is 0 Å². The molecule has 0 aliphatic heterocycles. The Balaban J connectivity index is 3.14. The van der Waals surface area contributed by atoms with E-state index in [0.717, 1.165) is 24.0 Å². The van der Waals surface area contributed by atoms with E-state index < -0.39 is 5.97 Å². The minimum Gasteiger partial charge on any atom is -0.478 e. The van der Waals surface area contributed by atoms with Crippen LogP contribution in [-0.2, 0) is 4.79 Å². The molecule has 0 spiro atoms. The fraction of sp³-hybridized carbons (Fsp3) is 0.308.